The third-order valence-electron chi connectivity index (χ3n) is 2.08. The Bertz CT molecular complexity index is 150. The Hall–Kier alpha value is -0.0551. The predicted molar refractivity (Wildman–Crippen MR) is 48.2 cm³/mol. The van der Waals surface area contributed by atoms with E-state index >= 15 is 0 Å². The molecule has 1 saturated heterocycles. The second kappa shape index (κ2) is 3.77. The van der Waals surface area contributed by atoms with E-state index in [0.29, 0.717) is 19.2 Å². The van der Waals surface area contributed by atoms with Crippen LogP contribution in [0.1, 0.15) is 13.8 Å². The summed E-state index contributed by atoms with van der Waals surface area (Å²) in [4.78, 5) is 2.12. The highest BCUT2D eigenvalue weighted by Crippen LogP contribution is 2.10. The topological polar surface area (TPSA) is 32.7 Å². The lowest BCUT2D eigenvalue weighted by Gasteiger charge is -2.30. The zero-order chi connectivity index (χ0) is 9.19. The molecule has 4 heteroatoms. The Labute approximate surface area is 75.1 Å². The van der Waals surface area contributed by atoms with Gasteiger partial charge in [-0.25, -0.2) is 0 Å². The summed E-state index contributed by atoms with van der Waals surface area (Å²) in [5, 5.41) is 9.58. The number of β-amino-alcohol motifs (C(OH)–C–C–N with tert-alkyl or cyclic N) is 1. The van der Waals surface area contributed by atoms with Crippen LogP contribution in [0.3, 0.4) is 0 Å². The van der Waals surface area contributed by atoms with Gasteiger partial charge in [-0.1, -0.05) is 0 Å². The summed E-state index contributed by atoms with van der Waals surface area (Å²) < 4.78 is 5.17. The van der Waals surface area contributed by atoms with Crippen LogP contribution in [0.5, 0.6) is 0 Å². The van der Waals surface area contributed by atoms with Crippen LogP contribution in [0.25, 0.3) is 0 Å². The summed E-state index contributed by atoms with van der Waals surface area (Å²) in [5.74, 6) is 0. The van der Waals surface area contributed by atoms with E-state index in [0.717, 1.165) is 6.54 Å². The summed E-state index contributed by atoms with van der Waals surface area (Å²) in [5.41, 5.74) is -1.18. The fourth-order valence-electron chi connectivity index (χ4n) is 1.35. The number of hydrogen-bond donors (Lipinski definition) is 1. The van der Waals surface area contributed by atoms with E-state index in [4.69, 9.17) is 12.6 Å². The van der Waals surface area contributed by atoms with Gasteiger partial charge in [0.1, 0.15) is 7.85 Å². The van der Waals surface area contributed by atoms with Gasteiger partial charge in [-0.2, -0.15) is 0 Å². The van der Waals surface area contributed by atoms with Gasteiger partial charge in [0.05, 0.1) is 18.7 Å². The minimum absolute atomic E-state index is 0.232. The van der Waals surface area contributed by atoms with Crippen molar-refractivity contribution in [2.24, 2.45) is 0 Å². The molecule has 68 valence electrons. The molecule has 0 bridgehead atoms. The largest absolute Gasteiger partial charge is 0.396 e. The van der Waals surface area contributed by atoms with E-state index in [9.17, 15) is 5.11 Å². The van der Waals surface area contributed by atoms with Gasteiger partial charge in [0.25, 0.3) is 0 Å². The maximum atomic E-state index is 9.58. The van der Waals surface area contributed by atoms with Crippen LogP contribution < -0.4 is 0 Å². The first kappa shape index (κ1) is 10.0. The number of nitrogens with zero attached hydrogens (tertiary/aromatic N) is 1. The van der Waals surface area contributed by atoms with Crippen LogP contribution in [0.15, 0.2) is 0 Å². The molecule has 1 rings (SSSR count). The molecule has 1 aliphatic heterocycles. The molecule has 0 amide bonds. The van der Waals surface area contributed by atoms with Gasteiger partial charge in [0.15, 0.2) is 0 Å². The summed E-state index contributed by atoms with van der Waals surface area (Å²) in [6.45, 7) is 6.39. The summed E-state index contributed by atoms with van der Waals surface area (Å²) >= 11 is 0. The molecule has 12 heavy (non-hydrogen) atoms. The first-order valence-electron chi connectivity index (χ1n) is 4.34. The Morgan fingerprint density at radius 2 is 2.25 bits per heavy atom. The van der Waals surface area contributed by atoms with Gasteiger partial charge < -0.3 is 9.84 Å². The highest BCUT2D eigenvalue weighted by Gasteiger charge is 2.27. The average molecular weight is 169 g/mol. The lowest BCUT2D eigenvalue weighted by Crippen LogP contribution is -2.47. The zero-order valence-electron chi connectivity index (χ0n) is 7.79. The van der Waals surface area contributed by atoms with Crippen molar-refractivity contribution < 1.29 is 9.84 Å². The maximum absolute atomic E-state index is 9.58. The van der Waals surface area contributed by atoms with E-state index in [-0.39, 0.29) is 6.61 Å². The monoisotopic (exact) mass is 169 g/mol. The van der Waals surface area contributed by atoms with Gasteiger partial charge in [0.2, 0.25) is 0 Å². The van der Waals surface area contributed by atoms with Crippen molar-refractivity contribution >= 4 is 7.85 Å². The molecule has 1 heterocycles. The SMILES string of the molecule is [B]C1(O)COCCN(C(C)C)C1. The Balaban J connectivity index is 2.54. The molecule has 0 aromatic rings. The minimum Gasteiger partial charge on any atom is -0.396 e. The summed E-state index contributed by atoms with van der Waals surface area (Å²) in [7, 11) is 5.59. The molecular formula is C8H16BNO2. The smallest absolute Gasteiger partial charge is 0.118 e. The van der Waals surface area contributed by atoms with Crippen LogP contribution in [0, 0.1) is 0 Å². The molecule has 0 spiro atoms. The molecule has 3 nitrogen and oxygen atoms in total. The fraction of sp³-hybridized carbons (Fsp3) is 1.00. The van der Waals surface area contributed by atoms with Crippen molar-refractivity contribution in [1.82, 2.24) is 4.90 Å². The third kappa shape index (κ3) is 2.77. The van der Waals surface area contributed by atoms with E-state index in [1.54, 1.807) is 0 Å². The molecule has 1 aliphatic rings. The fourth-order valence-corrected chi connectivity index (χ4v) is 1.35. The first-order chi connectivity index (χ1) is 5.51. The molecule has 1 unspecified atom stereocenters. The summed E-state index contributed by atoms with van der Waals surface area (Å²) in [6, 6.07) is 0.404. The zero-order valence-corrected chi connectivity index (χ0v) is 7.79. The minimum atomic E-state index is -1.18. The van der Waals surface area contributed by atoms with E-state index in [2.05, 4.69) is 18.7 Å². The lowest BCUT2D eigenvalue weighted by atomic mass is 9.82. The molecular weight excluding hydrogens is 153 g/mol. The van der Waals surface area contributed by atoms with Crippen molar-refractivity contribution in [1.29, 1.82) is 0 Å². The quantitative estimate of drug-likeness (QED) is 0.541. The van der Waals surface area contributed by atoms with Crippen molar-refractivity contribution in [3.05, 3.63) is 0 Å². The number of ether oxygens (including phenoxy) is 1. The van der Waals surface area contributed by atoms with Crippen LogP contribution in [-0.4, -0.2) is 55.7 Å². The van der Waals surface area contributed by atoms with Gasteiger partial charge in [-0.15, -0.1) is 0 Å². The molecule has 0 aromatic heterocycles. The molecule has 0 aromatic carbocycles. The van der Waals surface area contributed by atoms with Crippen molar-refractivity contribution in [3.8, 4) is 0 Å². The highest BCUT2D eigenvalue weighted by molar-refractivity contribution is 6.14. The number of rotatable bonds is 1. The standard InChI is InChI=1S/C8H16BNO2/c1-7(2)10-3-4-12-6-8(9,11)5-10/h7,11H,3-6H2,1-2H3. The predicted octanol–water partition coefficient (Wildman–Crippen LogP) is -0.416. The second-order valence-corrected chi connectivity index (χ2v) is 3.72. The van der Waals surface area contributed by atoms with Crippen LogP contribution >= 0.6 is 0 Å². The van der Waals surface area contributed by atoms with E-state index in [1.165, 1.54) is 0 Å². The Morgan fingerprint density at radius 3 is 2.83 bits per heavy atom. The molecule has 1 N–H and O–H groups in total. The van der Waals surface area contributed by atoms with Crippen molar-refractivity contribution in [2.75, 3.05) is 26.3 Å². The number of hydrogen-bond acceptors (Lipinski definition) is 3. The Kier molecular flexibility index (Phi) is 3.15. The Morgan fingerprint density at radius 1 is 1.58 bits per heavy atom. The van der Waals surface area contributed by atoms with Crippen LogP contribution in [0.2, 0.25) is 0 Å². The van der Waals surface area contributed by atoms with E-state index < -0.39 is 5.50 Å². The molecule has 1 atom stereocenters. The van der Waals surface area contributed by atoms with Crippen LogP contribution in [-0.2, 0) is 4.74 Å². The third-order valence-corrected chi connectivity index (χ3v) is 2.08. The molecule has 0 saturated carbocycles. The maximum Gasteiger partial charge on any atom is 0.118 e. The van der Waals surface area contributed by atoms with Crippen molar-refractivity contribution in [2.45, 2.75) is 25.4 Å². The summed E-state index contributed by atoms with van der Waals surface area (Å²) in [6.07, 6.45) is 0. The average Bonchev–Trinajstić information content (AvgIpc) is 2.10. The van der Waals surface area contributed by atoms with Gasteiger partial charge in [-0.3, -0.25) is 4.90 Å². The first-order valence-corrected chi connectivity index (χ1v) is 4.34. The van der Waals surface area contributed by atoms with Gasteiger partial charge in [0, 0.05) is 19.1 Å². The lowest BCUT2D eigenvalue weighted by molar-refractivity contribution is 0.0237. The van der Waals surface area contributed by atoms with E-state index in [1.807, 2.05) is 0 Å². The molecule has 0 aliphatic carbocycles. The normalized spacial score (nSPS) is 33.7. The molecule has 1 fully saturated rings. The highest BCUT2D eigenvalue weighted by atomic mass is 16.5. The van der Waals surface area contributed by atoms with Crippen molar-refractivity contribution in [3.63, 3.8) is 0 Å². The number of aliphatic hydroxyl groups is 1. The molecule has 2 radical (unpaired) electrons. The van der Waals surface area contributed by atoms with Gasteiger partial charge >= 0.3 is 0 Å². The second-order valence-electron chi connectivity index (χ2n) is 3.72. The van der Waals surface area contributed by atoms with Gasteiger partial charge in [-0.05, 0) is 13.8 Å². The van der Waals surface area contributed by atoms with Crippen LogP contribution in [0.4, 0.5) is 0 Å².